The summed E-state index contributed by atoms with van der Waals surface area (Å²) in [6.45, 7) is 0. The van der Waals surface area contributed by atoms with E-state index in [2.05, 4.69) is 187 Å². The molecule has 0 aliphatic rings. The van der Waals surface area contributed by atoms with E-state index < -0.39 is 0 Å². The standard InChI is InChI=1S/C48H31NOS/c1-3-12-32(13-4-1)36-28-37(33-14-5-2-6-15-33)30-39(29-36)49(44-19-11-18-42-40-16-7-9-20-45(40)50-48(42)44)38-25-22-34(23-26-38)35-24-27-47-43(31-35)41-17-8-10-21-46(41)51-47/h1-31H. The van der Waals surface area contributed by atoms with Gasteiger partial charge in [-0.2, -0.15) is 0 Å². The molecule has 2 nitrogen and oxygen atoms in total. The molecule has 51 heavy (non-hydrogen) atoms. The van der Waals surface area contributed by atoms with Gasteiger partial charge in [0.25, 0.3) is 0 Å². The molecule has 0 fully saturated rings. The maximum absolute atomic E-state index is 6.66. The second-order valence-electron chi connectivity index (χ2n) is 12.9. The number of furan rings is 1. The van der Waals surface area contributed by atoms with E-state index in [-0.39, 0.29) is 0 Å². The van der Waals surface area contributed by atoms with Gasteiger partial charge in [0, 0.05) is 42.3 Å². The molecular weight excluding hydrogens is 639 g/mol. The number of nitrogens with zero attached hydrogens (tertiary/aromatic N) is 1. The van der Waals surface area contributed by atoms with Crippen LogP contribution >= 0.6 is 11.3 Å². The highest BCUT2D eigenvalue weighted by Crippen LogP contribution is 2.45. The van der Waals surface area contributed by atoms with Crippen LogP contribution in [0.3, 0.4) is 0 Å². The fraction of sp³-hybridized carbons (Fsp3) is 0. The first kappa shape index (κ1) is 29.5. The maximum atomic E-state index is 6.66. The van der Waals surface area contributed by atoms with Gasteiger partial charge in [0.1, 0.15) is 5.58 Å². The van der Waals surface area contributed by atoms with Crippen molar-refractivity contribution in [2.45, 2.75) is 0 Å². The van der Waals surface area contributed by atoms with Crippen LogP contribution < -0.4 is 4.90 Å². The van der Waals surface area contributed by atoms with Gasteiger partial charge in [-0.3, -0.25) is 0 Å². The highest BCUT2D eigenvalue weighted by Gasteiger charge is 2.21. The highest BCUT2D eigenvalue weighted by atomic mass is 32.1. The van der Waals surface area contributed by atoms with Gasteiger partial charge in [0.2, 0.25) is 0 Å². The summed E-state index contributed by atoms with van der Waals surface area (Å²) >= 11 is 1.85. The van der Waals surface area contributed by atoms with Crippen LogP contribution in [-0.2, 0) is 0 Å². The van der Waals surface area contributed by atoms with Crippen molar-refractivity contribution in [1.82, 2.24) is 0 Å². The number of para-hydroxylation sites is 2. The molecule has 240 valence electrons. The van der Waals surface area contributed by atoms with Crippen LogP contribution in [0.4, 0.5) is 17.1 Å². The number of benzene rings is 8. The van der Waals surface area contributed by atoms with Gasteiger partial charge < -0.3 is 9.32 Å². The summed E-state index contributed by atoms with van der Waals surface area (Å²) in [4.78, 5) is 2.35. The quantitative estimate of drug-likeness (QED) is 0.175. The average molecular weight is 670 g/mol. The molecule has 0 radical (unpaired) electrons. The largest absolute Gasteiger partial charge is 0.454 e. The Morgan fingerprint density at radius 3 is 1.69 bits per heavy atom. The lowest BCUT2D eigenvalue weighted by molar-refractivity contribution is 0.669. The zero-order valence-electron chi connectivity index (χ0n) is 27.7. The second kappa shape index (κ2) is 12.2. The smallest absolute Gasteiger partial charge is 0.159 e. The van der Waals surface area contributed by atoms with Gasteiger partial charge in [-0.1, -0.05) is 127 Å². The van der Waals surface area contributed by atoms with Crippen LogP contribution in [0.5, 0.6) is 0 Å². The van der Waals surface area contributed by atoms with Crippen LogP contribution in [0.2, 0.25) is 0 Å². The molecule has 0 saturated heterocycles. The van der Waals surface area contributed by atoms with E-state index in [0.717, 1.165) is 50.1 Å². The summed E-state index contributed by atoms with van der Waals surface area (Å²) in [7, 11) is 0. The summed E-state index contributed by atoms with van der Waals surface area (Å²) in [5, 5.41) is 4.84. The first-order chi connectivity index (χ1) is 25.3. The predicted octanol–water partition coefficient (Wildman–Crippen LogP) is 14.4. The molecule has 0 aliphatic heterocycles. The molecule has 0 saturated carbocycles. The molecule has 0 atom stereocenters. The Balaban J connectivity index is 1.17. The van der Waals surface area contributed by atoms with E-state index in [1.165, 1.54) is 42.4 Å². The monoisotopic (exact) mass is 669 g/mol. The van der Waals surface area contributed by atoms with E-state index in [0.29, 0.717) is 0 Å². The first-order valence-corrected chi connectivity index (χ1v) is 18.1. The van der Waals surface area contributed by atoms with Crippen molar-refractivity contribution in [1.29, 1.82) is 0 Å². The highest BCUT2D eigenvalue weighted by molar-refractivity contribution is 7.25. The molecule has 8 aromatic carbocycles. The number of hydrogen-bond donors (Lipinski definition) is 0. The van der Waals surface area contributed by atoms with Crippen LogP contribution in [0.25, 0.3) is 75.5 Å². The molecule has 0 unspecified atom stereocenters. The van der Waals surface area contributed by atoms with Crippen LogP contribution in [0.1, 0.15) is 0 Å². The average Bonchev–Trinajstić information content (AvgIpc) is 3.78. The third-order valence-corrected chi connectivity index (χ3v) is 11.0. The third kappa shape index (κ3) is 5.18. The summed E-state index contributed by atoms with van der Waals surface area (Å²) < 4.78 is 9.29. The maximum Gasteiger partial charge on any atom is 0.159 e. The topological polar surface area (TPSA) is 16.4 Å². The van der Waals surface area contributed by atoms with Crippen molar-refractivity contribution in [3.63, 3.8) is 0 Å². The van der Waals surface area contributed by atoms with Gasteiger partial charge in [0.05, 0.1) is 5.69 Å². The molecule has 0 aliphatic carbocycles. The fourth-order valence-corrected chi connectivity index (χ4v) is 8.47. The minimum atomic E-state index is 0.865. The van der Waals surface area contributed by atoms with Gasteiger partial charge in [-0.15, -0.1) is 11.3 Å². The molecule has 0 bridgehead atoms. The lowest BCUT2D eigenvalue weighted by atomic mass is 9.97. The van der Waals surface area contributed by atoms with Gasteiger partial charge in [-0.25, -0.2) is 0 Å². The fourth-order valence-electron chi connectivity index (χ4n) is 7.38. The Morgan fingerprint density at radius 1 is 0.353 bits per heavy atom. The molecule has 0 amide bonds. The van der Waals surface area contributed by atoms with Crippen LogP contribution in [0.15, 0.2) is 192 Å². The SMILES string of the molecule is c1ccc(-c2cc(-c3ccccc3)cc(N(c3ccc(-c4ccc5sc6ccccc6c5c4)cc3)c3cccc4c3oc3ccccc34)c2)cc1. The molecule has 2 aromatic heterocycles. The van der Waals surface area contributed by atoms with Gasteiger partial charge in [0.15, 0.2) is 5.58 Å². The molecule has 0 spiro atoms. The van der Waals surface area contributed by atoms with Crippen molar-refractivity contribution in [3.8, 4) is 33.4 Å². The number of thiophene rings is 1. The van der Waals surface area contributed by atoms with Crippen LogP contribution in [-0.4, -0.2) is 0 Å². The Hall–Kier alpha value is -6.42. The lowest BCUT2D eigenvalue weighted by Crippen LogP contribution is -2.10. The van der Waals surface area contributed by atoms with E-state index in [1.54, 1.807) is 0 Å². The zero-order chi connectivity index (χ0) is 33.7. The summed E-state index contributed by atoms with van der Waals surface area (Å²) in [6.07, 6.45) is 0. The Bertz CT molecular complexity index is 2790. The Labute approximate surface area is 300 Å². The number of hydrogen-bond acceptors (Lipinski definition) is 3. The van der Waals surface area contributed by atoms with Crippen molar-refractivity contribution < 1.29 is 4.42 Å². The first-order valence-electron chi connectivity index (χ1n) is 17.2. The molecule has 3 heteroatoms. The van der Waals surface area contributed by atoms with E-state index in [9.17, 15) is 0 Å². The second-order valence-corrected chi connectivity index (χ2v) is 14.0. The summed E-state index contributed by atoms with van der Waals surface area (Å²) in [5.74, 6) is 0. The number of rotatable bonds is 6. The van der Waals surface area contributed by atoms with Crippen LogP contribution in [0, 0.1) is 0 Å². The van der Waals surface area contributed by atoms with E-state index >= 15 is 0 Å². The minimum Gasteiger partial charge on any atom is -0.454 e. The molecule has 10 aromatic rings. The van der Waals surface area contributed by atoms with E-state index in [4.69, 9.17) is 4.42 Å². The van der Waals surface area contributed by atoms with Crippen molar-refractivity contribution in [3.05, 3.63) is 188 Å². The Morgan fingerprint density at radius 2 is 0.941 bits per heavy atom. The van der Waals surface area contributed by atoms with E-state index in [1.807, 2.05) is 17.4 Å². The molecule has 2 heterocycles. The Kier molecular flexibility index (Phi) is 7.04. The van der Waals surface area contributed by atoms with Crippen molar-refractivity contribution >= 4 is 70.5 Å². The number of anilines is 3. The normalized spacial score (nSPS) is 11.5. The lowest BCUT2D eigenvalue weighted by Gasteiger charge is -2.27. The predicted molar refractivity (Wildman–Crippen MR) is 218 cm³/mol. The van der Waals surface area contributed by atoms with Gasteiger partial charge in [-0.05, 0) is 94.0 Å². The number of fused-ring (bicyclic) bond motifs is 6. The van der Waals surface area contributed by atoms with Crippen molar-refractivity contribution in [2.75, 3.05) is 4.90 Å². The molecule has 10 rings (SSSR count). The zero-order valence-corrected chi connectivity index (χ0v) is 28.5. The summed E-state index contributed by atoms with van der Waals surface area (Å²) in [5.41, 5.74) is 11.9. The minimum absolute atomic E-state index is 0.865. The molecular formula is C48H31NOS. The van der Waals surface area contributed by atoms with Crippen molar-refractivity contribution in [2.24, 2.45) is 0 Å². The third-order valence-electron chi connectivity index (χ3n) is 9.85. The molecule has 0 N–H and O–H groups in total. The summed E-state index contributed by atoms with van der Waals surface area (Å²) in [6, 6.07) is 67.4. The van der Waals surface area contributed by atoms with Gasteiger partial charge >= 0.3 is 0 Å².